The predicted octanol–water partition coefficient (Wildman–Crippen LogP) is 6.52. The van der Waals surface area contributed by atoms with Crippen molar-refractivity contribution in [3.8, 4) is 5.75 Å². The van der Waals surface area contributed by atoms with Gasteiger partial charge in [0.25, 0.3) is 0 Å². The maximum absolute atomic E-state index is 9.26. The number of benzene rings is 2. The van der Waals surface area contributed by atoms with Crippen molar-refractivity contribution in [1.29, 1.82) is 0 Å². The second kappa shape index (κ2) is 10.5. The Kier molecular flexibility index (Phi) is 7.45. The molecule has 1 heterocycles. The molecule has 0 bridgehead atoms. The van der Waals surface area contributed by atoms with E-state index < -0.39 is 0 Å². The van der Waals surface area contributed by atoms with Gasteiger partial charge < -0.3 is 9.94 Å². The summed E-state index contributed by atoms with van der Waals surface area (Å²) in [4.78, 5) is 4.20. The highest BCUT2D eigenvalue weighted by Gasteiger charge is 2.05. The number of aromatic nitrogens is 1. The van der Waals surface area contributed by atoms with Gasteiger partial charge in [-0.3, -0.25) is 4.98 Å². The van der Waals surface area contributed by atoms with E-state index in [-0.39, 0.29) is 0 Å². The van der Waals surface area contributed by atoms with Crippen molar-refractivity contribution in [3.05, 3.63) is 106 Å². The van der Waals surface area contributed by atoms with E-state index in [9.17, 15) is 5.21 Å². The molecule has 0 radical (unpaired) electrons. The highest BCUT2D eigenvalue weighted by molar-refractivity contribution is 6.35. The number of hydrogen-bond acceptors (Lipinski definition) is 4. The Morgan fingerprint density at radius 1 is 1.00 bits per heavy atom. The van der Waals surface area contributed by atoms with Gasteiger partial charge in [-0.1, -0.05) is 58.7 Å². The van der Waals surface area contributed by atoms with E-state index in [0.717, 1.165) is 16.8 Å². The van der Waals surface area contributed by atoms with Crippen LogP contribution in [0.5, 0.6) is 5.75 Å². The summed E-state index contributed by atoms with van der Waals surface area (Å²) in [6.07, 6.45) is 8.65. The Bertz CT molecular complexity index is 1050. The first-order chi connectivity index (χ1) is 14.2. The summed E-state index contributed by atoms with van der Waals surface area (Å²) in [5.41, 5.74) is 2.83. The number of pyridine rings is 1. The average Bonchev–Trinajstić information content (AvgIpc) is 2.75. The van der Waals surface area contributed by atoms with E-state index in [1.807, 2.05) is 54.6 Å². The van der Waals surface area contributed by atoms with Crippen molar-refractivity contribution in [3.63, 3.8) is 0 Å². The zero-order valence-corrected chi connectivity index (χ0v) is 16.9. The molecule has 4 nitrogen and oxygen atoms in total. The highest BCUT2D eigenvalue weighted by atomic mass is 35.5. The van der Waals surface area contributed by atoms with Crippen LogP contribution in [0.4, 0.5) is 0 Å². The second-order valence-electron chi connectivity index (χ2n) is 6.01. The number of para-hydroxylation sites is 1. The van der Waals surface area contributed by atoms with E-state index >= 15 is 0 Å². The molecule has 1 N–H and O–H groups in total. The van der Waals surface area contributed by atoms with Crippen molar-refractivity contribution < 1.29 is 9.94 Å². The Balaban J connectivity index is 1.71. The van der Waals surface area contributed by atoms with Crippen LogP contribution in [0.25, 0.3) is 12.2 Å². The van der Waals surface area contributed by atoms with Crippen molar-refractivity contribution in [2.75, 3.05) is 0 Å². The molecule has 3 rings (SSSR count). The van der Waals surface area contributed by atoms with Crippen LogP contribution in [0.15, 0.2) is 84.2 Å². The summed E-state index contributed by atoms with van der Waals surface area (Å²) in [7, 11) is 0. The van der Waals surface area contributed by atoms with E-state index in [4.69, 9.17) is 27.9 Å². The Morgan fingerprint density at radius 3 is 2.55 bits per heavy atom. The lowest BCUT2D eigenvalue weighted by molar-refractivity contribution is 0.305. The number of ether oxygens (including phenoxy) is 1. The summed E-state index contributed by atoms with van der Waals surface area (Å²) < 4.78 is 5.93. The van der Waals surface area contributed by atoms with E-state index in [2.05, 4.69) is 10.1 Å². The van der Waals surface area contributed by atoms with Crippen molar-refractivity contribution >= 4 is 41.1 Å². The SMILES string of the molecule is ON=C(C=Cc1ccccn1)C=Cc1ccccc1OCc1ccc(Cl)cc1Cl. The lowest BCUT2D eigenvalue weighted by Crippen LogP contribution is -1.98. The molecule has 0 saturated heterocycles. The van der Waals surface area contributed by atoms with E-state index in [1.165, 1.54) is 0 Å². The van der Waals surface area contributed by atoms with Gasteiger partial charge in [-0.15, -0.1) is 0 Å². The Morgan fingerprint density at radius 2 is 1.79 bits per heavy atom. The molecule has 0 amide bonds. The van der Waals surface area contributed by atoms with Crippen LogP contribution in [-0.2, 0) is 6.61 Å². The monoisotopic (exact) mass is 424 g/mol. The Labute approximate surface area is 179 Å². The number of allylic oxidation sites excluding steroid dienone is 2. The molecule has 146 valence electrons. The van der Waals surface area contributed by atoms with Gasteiger partial charge in [-0.25, -0.2) is 0 Å². The molecule has 0 aliphatic carbocycles. The number of oxime groups is 1. The van der Waals surface area contributed by atoms with Crippen LogP contribution < -0.4 is 4.74 Å². The fourth-order valence-corrected chi connectivity index (χ4v) is 2.95. The quantitative estimate of drug-likeness (QED) is 0.266. The van der Waals surface area contributed by atoms with E-state index in [0.29, 0.717) is 28.1 Å². The molecule has 0 spiro atoms. The summed E-state index contributed by atoms with van der Waals surface area (Å²) in [5.74, 6) is 0.681. The van der Waals surface area contributed by atoms with Crippen LogP contribution in [-0.4, -0.2) is 15.9 Å². The van der Waals surface area contributed by atoms with Crippen LogP contribution in [0.3, 0.4) is 0 Å². The first kappa shape index (κ1) is 20.6. The van der Waals surface area contributed by atoms with Gasteiger partial charge in [0.15, 0.2) is 0 Å². The smallest absolute Gasteiger partial charge is 0.127 e. The lowest BCUT2D eigenvalue weighted by atomic mass is 10.1. The van der Waals surface area contributed by atoms with Crippen LogP contribution in [0, 0.1) is 0 Å². The number of rotatable bonds is 7. The molecule has 2 aromatic carbocycles. The molecule has 29 heavy (non-hydrogen) atoms. The largest absolute Gasteiger partial charge is 0.488 e. The number of hydrogen-bond donors (Lipinski definition) is 1. The molecule has 0 atom stereocenters. The van der Waals surface area contributed by atoms with Crippen molar-refractivity contribution in [2.45, 2.75) is 6.61 Å². The first-order valence-corrected chi connectivity index (χ1v) is 9.56. The molecule has 6 heteroatoms. The highest BCUT2D eigenvalue weighted by Crippen LogP contribution is 2.25. The minimum absolute atomic E-state index is 0.307. The summed E-state index contributed by atoms with van der Waals surface area (Å²) in [6, 6.07) is 18.4. The maximum atomic E-state index is 9.26. The van der Waals surface area contributed by atoms with Crippen LogP contribution in [0.1, 0.15) is 16.8 Å². The molecule has 0 unspecified atom stereocenters. The molecule has 3 aromatic rings. The van der Waals surface area contributed by atoms with Crippen molar-refractivity contribution in [1.82, 2.24) is 4.98 Å². The molecule has 0 fully saturated rings. The maximum Gasteiger partial charge on any atom is 0.127 e. The zero-order valence-electron chi connectivity index (χ0n) is 15.4. The van der Waals surface area contributed by atoms with Gasteiger partial charge in [0.2, 0.25) is 0 Å². The summed E-state index contributed by atoms with van der Waals surface area (Å²) >= 11 is 12.1. The average molecular weight is 425 g/mol. The third-order valence-electron chi connectivity index (χ3n) is 3.98. The topological polar surface area (TPSA) is 54.7 Å². The predicted molar refractivity (Wildman–Crippen MR) is 119 cm³/mol. The number of halogens is 2. The fraction of sp³-hybridized carbons (Fsp3) is 0.0435. The van der Waals surface area contributed by atoms with Gasteiger partial charge in [-0.05, 0) is 54.6 Å². The summed E-state index contributed by atoms with van der Waals surface area (Å²) in [5, 5.41) is 13.7. The van der Waals surface area contributed by atoms with Crippen LogP contribution in [0.2, 0.25) is 10.0 Å². The van der Waals surface area contributed by atoms with Gasteiger partial charge in [0.05, 0.1) is 5.69 Å². The lowest BCUT2D eigenvalue weighted by Gasteiger charge is -2.10. The van der Waals surface area contributed by atoms with Crippen LogP contribution >= 0.6 is 23.2 Å². The standard InChI is InChI=1S/C23H18Cl2N2O2/c24-19-10-8-18(22(25)15-19)16-29-23-7-2-1-5-17(23)9-11-21(27-28)13-12-20-6-3-4-14-26-20/h1-15,28H,16H2. The first-order valence-electron chi connectivity index (χ1n) is 8.81. The zero-order chi connectivity index (χ0) is 20.5. The van der Waals surface area contributed by atoms with Gasteiger partial charge >= 0.3 is 0 Å². The number of nitrogens with zero attached hydrogens (tertiary/aromatic N) is 2. The molecule has 0 aliphatic rings. The summed E-state index contributed by atoms with van der Waals surface area (Å²) in [6.45, 7) is 0.307. The minimum atomic E-state index is 0.307. The molecular weight excluding hydrogens is 407 g/mol. The Hall–Kier alpha value is -3.08. The third kappa shape index (κ3) is 6.21. The molecular formula is C23H18Cl2N2O2. The normalized spacial score (nSPS) is 12.0. The van der Waals surface area contributed by atoms with Crippen molar-refractivity contribution in [2.24, 2.45) is 5.16 Å². The minimum Gasteiger partial charge on any atom is -0.488 e. The second-order valence-corrected chi connectivity index (χ2v) is 6.85. The van der Waals surface area contributed by atoms with Gasteiger partial charge in [-0.2, -0.15) is 0 Å². The fourth-order valence-electron chi connectivity index (χ4n) is 2.49. The molecule has 1 aromatic heterocycles. The molecule has 0 aliphatic heterocycles. The molecule has 0 saturated carbocycles. The van der Waals surface area contributed by atoms with E-state index in [1.54, 1.807) is 36.6 Å². The van der Waals surface area contributed by atoms with Gasteiger partial charge in [0, 0.05) is 27.4 Å². The van der Waals surface area contributed by atoms with Gasteiger partial charge in [0.1, 0.15) is 18.1 Å². The third-order valence-corrected chi connectivity index (χ3v) is 4.57.